The third-order valence-corrected chi connectivity index (χ3v) is 3.16. The second-order valence-corrected chi connectivity index (χ2v) is 4.75. The van der Waals surface area contributed by atoms with Gasteiger partial charge in [-0.3, -0.25) is 9.55 Å². The fourth-order valence-corrected chi connectivity index (χ4v) is 2.04. The highest BCUT2D eigenvalue weighted by atomic mass is 19.1. The van der Waals surface area contributed by atoms with Gasteiger partial charge in [0.2, 0.25) is 5.95 Å². The second-order valence-electron chi connectivity index (χ2n) is 4.75. The predicted molar refractivity (Wildman–Crippen MR) is 81.0 cm³/mol. The van der Waals surface area contributed by atoms with Gasteiger partial charge in [0.15, 0.2) is 0 Å². The normalized spacial score (nSPS) is 10.1. The first-order chi connectivity index (χ1) is 10.6. The summed E-state index contributed by atoms with van der Waals surface area (Å²) in [7, 11) is 0. The number of rotatable bonds is 1. The first-order valence-corrected chi connectivity index (χ1v) is 6.76. The zero-order valence-electron chi connectivity index (χ0n) is 12.2. The number of halogens is 1. The van der Waals surface area contributed by atoms with E-state index in [0.29, 0.717) is 17.3 Å². The minimum atomic E-state index is -0.524. The van der Waals surface area contributed by atoms with E-state index in [2.05, 4.69) is 26.8 Å². The van der Waals surface area contributed by atoms with Gasteiger partial charge in [-0.25, -0.2) is 9.97 Å². The zero-order valence-corrected chi connectivity index (χ0v) is 12.2. The van der Waals surface area contributed by atoms with Gasteiger partial charge in [0, 0.05) is 18.0 Å². The molecule has 5 heteroatoms. The van der Waals surface area contributed by atoms with Crippen LogP contribution in [-0.4, -0.2) is 19.5 Å². The van der Waals surface area contributed by atoms with E-state index in [9.17, 15) is 4.39 Å². The molecule has 0 fully saturated rings. The third-order valence-electron chi connectivity index (χ3n) is 3.16. The molecule has 108 valence electrons. The molecule has 0 aliphatic carbocycles. The maximum Gasteiger partial charge on any atom is 0.214 e. The highest BCUT2D eigenvalue weighted by Crippen LogP contribution is 2.10. The molecule has 0 amide bonds. The van der Waals surface area contributed by atoms with E-state index < -0.39 is 5.95 Å². The molecule has 0 N–H and O–H groups in total. The predicted octanol–water partition coefficient (Wildman–Crippen LogP) is 2.82. The van der Waals surface area contributed by atoms with Crippen LogP contribution >= 0.6 is 0 Å². The zero-order chi connectivity index (χ0) is 15.5. The molecular formula is C17H13FN4. The van der Waals surface area contributed by atoms with Crippen molar-refractivity contribution in [3.63, 3.8) is 0 Å². The van der Waals surface area contributed by atoms with Crippen molar-refractivity contribution in [3.8, 4) is 17.7 Å². The summed E-state index contributed by atoms with van der Waals surface area (Å²) in [6, 6.07) is 8.40. The first kappa shape index (κ1) is 14.0. The maximum absolute atomic E-state index is 13.2. The lowest BCUT2D eigenvalue weighted by Crippen LogP contribution is -1.99. The van der Waals surface area contributed by atoms with Crippen molar-refractivity contribution in [3.05, 3.63) is 71.4 Å². The lowest BCUT2D eigenvalue weighted by molar-refractivity contribution is 0.580. The lowest BCUT2D eigenvalue weighted by Gasteiger charge is -2.02. The van der Waals surface area contributed by atoms with Gasteiger partial charge >= 0.3 is 0 Å². The number of hydrogen-bond donors (Lipinski definition) is 0. The largest absolute Gasteiger partial charge is 0.287 e. The van der Waals surface area contributed by atoms with E-state index in [1.165, 1.54) is 6.07 Å². The molecule has 3 heterocycles. The average Bonchev–Trinajstić information content (AvgIpc) is 2.87. The van der Waals surface area contributed by atoms with E-state index in [-0.39, 0.29) is 0 Å². The van der Waals surface area contributed by atoms with Crippen LogP contribution in [0.15, 0.2) is 42.7 Å². The SMILES string of the molecule is Cc1ncccc1C#Cc1cn(-c2cccc(F)n2)c(C)n1. The van der Waals surface area contributed by atoms with Crippen LogP contribution in [0.1, 0.15) is 22.8 Å². The van der Waals surface area contributed by atoms with Gasteiger partial charge in [-0.05, 0) is 44.0 Å². The van der Waals surface area contributed by atoms with Crippen LogP contribution < -0.4 is 0 Å². The van der Waals surface area contributed by atoms with Crippen LogP contribution in [0.2, 0.25) is 0 Å². The fraction of sp³-hybridized carbons (Fsp3) is 0.118. The van der Waals surface area contributed by atoms with Crippen molar-refractivity contribution < 1.29 is 4.39 Å². The van der Waals surface area contributed by atoms with Gasteiger partial charge in [-0.2, -0.15) is 4.39 Å². The molecule has 0 atom stereocenters. The second kappa shape index (κ2) is 5.78. The topological polar surface area (TPSA) is 43.6 Å². The van der Waals surface area contributed by atoms with Gasteiger partial charge in [0.25, 0.3) is 0 Å². The summed E-state index contributed by atoms with van der Waals surface area (Å²) in [6.45, 7) is 3.73. The smallest absolute Gasteiger partial charge is 0.214 e. The summed E-state index contributed by atoms with van der Waals surface area (Å²) >= 11 is 0. The molecule has 3 rings (SSSR count). The Kier molecular flexibility index (Phi) is 3.67. The molecule has 0 aliphatic rings. The average molecular weight is 292 g/mol. The summed E-state index contributed by atoms with van der Waals surface area (Å²) in [5, 5.41) is 0. The van der Waals surface area contributed by atoms with Gasteiger partial charge in [-0.1, -0.05) is 12.0 Å². The maximum atomic E-state index is 13.2. The molecule has 0 aromatic carbocycles. The van der Waals surface area contributed by atoms with Crippen LogP contribution in [0, 0.1) is 31.6 Å². The van der Waals surface area contributed by atoms with Crippen molar-refractivity contribution in [1.82, 2.24) is 19.5 Å². The minimum Gasteiger partial charge on any atom is -0.287 e. The molecule has 0 radical (unpaired) electrons. The van der Waals surface area contributed by atoms with Crippen LogP contribution in [-0.2, 0) is 0 Å². The Balaban J connectivity index is 1.96. The highest BCUT2D eigenvalue weighted by molar-refractivity contribution is 5.42. The van der Waals surface area contributed by atoms with Gasteiger partial charge in [0.1, 0.15) is 17.3 Å². The monoisotopic (exact) mass is 292 g/mol. The lowest BCUT2D eigenvalue weighted by atomic mass is 10.2. The van der Waals surface area contributed by atoms with E-state index in [0.717, 1.165) is 11.3 Å². The van der Waals surface area contributed by atoms with Crippen molar-refractivity contribution >= 4 is 0 Å². The van der Waals surface area contributed by atoms with Crippen LogP contribution in [0.3, 0.4) is 0 Å². The Morgan fingerprint density at radius 2 is 1.91 bits per heavy atom. The summed E-state index contributed by atoms with van der Waals surface area (Å²) < 4.78 is 14.9. The van der Waals surface area contributed by atoms with Crippen molar-refractivity contribution in [2.45, 2.75) is 13.8 Å². The summed E-state index contributed by atoms with van der Waals surface area (Å²) in [5.41, 5.74) is 2.34. The molecule has 0 unspecified atom stereocenters. The number of pyridine rings is 2. The highest BCUT2D eigenvalue weighted by Gasteiger charge is 2.06. The molecule has 3 aromatic heterocycles. The number of aromatic nitrogens is 4. The quantitative estimate of drug-likeness (QED) is 0.512. The Morgan fingerprint density at radius 1 is 1.05 bits per heavy atom. The van der Waals surface area contributed by atoms with Crippen molar-refractivity contribution in [2.24, 2.45) is 0 Å². The van der Waals surface area contributed by atoms with Crippen LogP contribution in [0.25, 0.3) is 5.82 Å². The number of hydrogen-bond acceptors (Lipinski definition) is 3. The van der Waals surface area contributed by atoms with Gasteiger partial charge in [-0.15, -0.1) is 0 Å². The Hall–Kier alpha value is -3.00. The minimum absolute atomic E-state index is 0.482. The van der Waals surface area contributed by atoms with Crippen LogP contribution in [0.5, 0.6) is 0 Å². The fourth-order valence-electron chi connectivity index (χ4n) is 2.04. The molecule has 4 nitrogen and oxygen atoms in total. The molecule has 0 aliphatic heterocycles. The molecule has 0 bridgehead atoms. The van der Waals surface area contributed by atoms with Gasteiger partial charge < -0.3 is 0 Å². The summed E-state index contributed by atoms with van der Waals surface area (Å²) in [4.78, 5) is 12.4. The molecule has 0 spiro atoms. The number of aryl methyl sites for hydroxylation is 2. The molecule has 0 saturated heterocycles. The van der Waals surface area contributed by atoms with Crippen LogP contribution in [0.4, 0.5) is 4.39 Å². The Morgan fingerprint density at radius 3 is 2.68 bits per heavy atom. The van der Waals surface area contributed by atoms with Crippen molar-refractivity contribution in [1.29, 1.82) is 0 Å². The van der Waals surface area contributed by atoms with Gasteiger partial charge in [0.05, 0.1) is 5.69 Å². The number of imidazole rings is 1. The molecule has 22 heavy (non-hydrogen) atoms. The Bertz CT molecular complexity index is 887. The molecular weight excluding hydrogens is 279 g/mol. The van der Waals surface area contributed by atoms with E-state index in [1.54, 1.807) is 29.1 Å². The van der Waals surface area contributed by atoms with E-state index in [4.69, 9.17) is 0 Å². The summed E-state index contributed by atoms with van der Waals surface area (Å²) in [5.74, 6) is 6.71. The number of nitrogens with zero attached hydrogens (tertiary/aromatic N) is 4. The first-order valence-electron chi connectivity index (χ1n) is 6.76. The third kappa shape index (κ3) is 2.86. The van der Waals surface area contributed by atoms with E-state index >= 15 is 0 Å². The standard InChI is InChI=1S/C17H13FN4/c1-12-14(5-4-10-19-12)8-9-15-11-22(13(2)20-15)17-7-3-6-16(18)21-17/h3-7,10-11H,1-2H3. The van der Waals surface area contributed by atoms with Crippen molar-refractivity contribution in [2.75, 3.05) is 0 Å². The Labute approximate surface area is 127 Å². The molecule has 0 saturated carbocycles. The van der Waals surface area contributed by atoms with E-state index in [1.807, 2.05) is 26.0 Å². The summed E-state index contributed by atoms with van der Waals surface area (Å²) in [6.07, 6.45) is 3.48. The molecule has 3 aromatic rings.